The van der Waals surface area contributed by atoms with Crippen LogP contribution in [0.5, 0.6) is 0 Å². The second kappa shape index (κ2) is 7.53. The Labute approximate surface area is 166 Å². The molecule has 2 fully saturated rings. The molecule has 1 aliphatic heterocycles. The van der Waals surface area contributed by atoms with Gasteiger partial charge < -0.3 is 15.4 Å². The lowest BCUT2D eigenvalue weighted by Crippen LogP contribution is -2.51. The molecule has 1 saturated carbocycles. The zero-order chi connectivity index (χ0) is 17.5. The van der Waals surface area contributed by atoms with Gasteiger partial charge >= 0.3 is 6.09 Å². The van der Waals surface area contributed by atoms with Crippen LogP contribution in [-0.4, -0.2) is 31.3 Å². The van der Waals surface area contributed by atoms with Gasteiger partial charge in [0, 0.05) is 31.0 Å². The number of ether oxygens (including phenoxy) is 1. The third-order valence-electron chi connectivity index (χ3n) is 5.93. The molecule has 1 atom stereocenters. The number of carbonyl (C=O) groups is 1. The Morgan fingerprint density at radius 2 is 1.63 bits per heavy atom. The zero-order valence-corrected chi connectivity index (χ0v) is 16.0. The molecule has 0 spiro atoms. The highest BCUT2D eigenvalue weighted by Gasteiger charge is 2.37. The molecule has 3 aliphatic rings. The predicted molar refractivity (Wildman–Crippen MR) is 108 cm³/mol. The van der Waals surface area contributed by atoms with E-state index < -0.39 is 0 Å². The fourth-order valence-corrected chi connectivity index (χ4v) is 4.22. The van der Waals surface area contributed by atoms with Crippen molar-refractivity contribution in [3.63, 3.8) is 0 Å². The molecule has 2 aromatic rings. The van der Waals surface area contributed by atoms with E-state index in [9.17, 15) is 4.79 Å². The van der Waals surface area contributed by atoms with Crippen LogP contribution in [0.4, 0.5) is 4.79 Å². The summed E-state index contributed by atoms with van der Waals surface area (Å²) < 4.78 is 5.91. The largest absolute Gasteiger partial charge is 0.446 e. The average Bonchev–Trinajstić information content (AvgIpc) is 3.36. The van der Waals surface area contributed by atoms with Crippen LogP contribution in [0.15, 0.2) is 48.5 Å². The van der Waals surface area contributed by atoms with Gasteiger partial charge in [-0.1, -0.05) is 48.5 Å². The minimum Gasteiger partial charge on any atom is -0.446 e. The van der Waals surface area contributed by atoms with Gasteiger partial charge in [0.25, 0.3) is 0 Å². The summed E-state index contributed by atoms with van der Waals surface area (Å²) >= 11 is 0. The monoisotopic (exact) mass is 384 g/mol. The SMILES string of the molecule is Cl.O=C(NC1CC1)OC(CC1c2ccccc2-c2ccccc21)C1CNC1. The minimum absolute atomic E-state index is 0. The number of nitrogens with one attached hydrogen (secondary N) is 2. The maximum absolute atomic E-state index is 12.3. The van der Waals surface area contributed by atoms with Crippen molar-refractivity contribution >= 4 is 18.5 Å². The summed E-state index contributed by atoms with van der Waals surface area (Å²) in [4.78, 5) is 12.3. The molecule has 0 radical (unpaired) electrons. The first-order chi connectivity index (χ1) is 12.8. The summed E-state index contributed by atoms with van der Waals surface area (Å²) in [6.45, 7) is 1.86. The van der Waals surface area contributed by atoms with E-state index in [1.165, 1.54) is 22.3 Å². The summed E-state index contributed by atoms with van der Waals surface area (Å²) in [5.41, 5.74) is 5.36. The molecule has 2 N–H and O–H groups in total. The molecule has 27 heavy (non-hydrogen) atoms. The molecule has 0 bridgehead atoms. The number of halogens is 1. The predicted octanol–water partition coefficient (Wildman–Crippen LogP) is 4.09. The van der Waals surface area contributed by atoms with Crippen LogP contribution >= 0.6 is 12.4 Å². The van der Waals surface area contributed by atoms with E-state index in [0.29, 0.717) is 17.9 Å². The molecule has 1 heterocycles. The summed E-state index contributed by atoms with van der Waals surface area (Å²) in [7, 11) is 0. The molecule has 142 valence electrons. The molecule has 1 saturated heterocycles. The van der Waals surface area contributed by atoms with Gasteiger partial charge in [-0.25, -0.2) is 4.79 Å². The first kappa shape index (κ1) is 18.3. The number of rotatable bonds is 5. The van der Waals surface area contributed by atoms with Gasteiger partial charge in [-0.2, -0.15) is 0 Å². The molecule has 4 nitrogen and oxygen atoms in total. The summed E-state index contributed by atoms with van der Waals surface area (Å²) in [6, 6.07) is 17.6. The number of alkyl carbamates (subject to hydrolysis) is 1. The van der Waals surface area contributed by atoms with Crippen molar-refractivity contribution < 1.29 is 9.53 Å². The lowest BCUT2D eigenvalue weighted by atomic mass is 9.84. The minimum atomic E-state index is -0.246. The Balaban J connectivity index is 0.00000180. The van der Waals surface area contributed by atoms with Crippen molar-refractivity contribution in [2.75, 3.05) is 13.1 Å². The van der Waals surface area contributed by atoms with E-state index >= 15 is 0 Å². The van der Waals surface area contributed by atoms with Gasteiger partial charge in [0.2, 0.25) is 0 Å². The second-order valence-corrected chi connectivity index (χ2v) is 7.74. The van der Waals surface area contributed by atoms with Gasteiger partial charge in [0.05, 0.1) is 0 Å². The van der Waals surface area contributed by atoms with Crippen LogP contribution in [0, 0.1) is 5.92 Å². The van der Waals surface area contributed by atoms with E-state index in [1.54, 1.807) is 0 Å². The fraction of sp³-hybridized carbons (Fsp3) is 0.409. The second-order valence-electron chi connectivity index (χ2n) is 7.74. The van der Waals surface area contributed by atoms with Crippen LogP contribution in [0.25, 0.3) is 11.1 Å². The van der Waals surface area contributed by atoms with Gasteiger partial charge in [-0.3, -0.25) is 0 Å². The molecular weight excluding hydrogens is 360 g/mol. The average molecular weight is 385 g/mol. The Bertz CT molecular complexity index is 787. The smallest absolute Gasteiger partial charge is 0.407 e. The van der Waals surface area contributed by atoms with E-state index in [1.807, 2.05) is 0 Å². The number of hydrogen-bond donors (Lipinski definition) is 2. The standard InChI is InChI=1S/C22H24N2O2.ClH/c25-22(24-15-9-10-15)26-21(14-12-23-13-14)11-20-18-7-3-1-5-16(18)17-6-2-4-8-19(17)20;/h1-8,14-15,20-21,23H,9-13H2,(H,24,25);1H. The Kier molecular flexibility index (Phi) is 5.11. The fourth-order valence-electron chi connectivity index (χ4n) is 4.22. The van der Waals surface area contributed by atoms with Crippen molar-refractivity contribution in [3.05, 3.63) is 59.7 Å². The van der Waals surface area contributed by atoms with Crippen LogP contribution in [0.3, 0.4) is 0 Å². The van der Waals surface area contributed by atoms with E-state index in [-0.39, 0.29) is 24.6 Å². The number of carbonyl (C=O) groups excluding carboxylic acids is 1. The lowest BCUT2D eigenvalue weighted by Gasteiger charge is -2.35. The highest BCUT2D eigenvalue weighted by Crippen LogP contribution is 2.47. The third kappa shape index (κ3) is 3.56. The number of hydrogen-bond acceptors (Lipinski definition) is 3. The molecule has 5 heteroatoms. The van der Waals surface area contributed by atoms with Crippen molar-refractivity contribution in [3.8, 4) is 11.1 Å². The maximum Gasteiger partial charge on any atom is 0.407 e. The Hall–Kier alpha value is -2.04. The zero-order valence-electron chi connectivity index (χ0n) is 15.2. The third-order valence-corrected chi connectivity index (χ3v) is 5.93. The van der Waals surface area contributed by atoms with Crippen molar-refractivity contribution in [1.82, 2.24) is 10.6 Å². The van der Waals surface area contributed by atoms with E-state index in [2.05, 4.69) is 59.2 Å². The van der Waals surface area contributed by atoms with Crippen LogP contribution in [0.1, 0.15) is 36.3 Å². The molecule has 2 aromatic carbocycles. The molecule has 5 rings (SSSR count). The normalized spacial score (nSPS) is 19.3. The highest BCUT2D eigenvalue weighted by atomic mass is 35.5. The van der Waals surface area contributed by atoms with Gasteiger partial charge in [-0.05, 0) is 41.5 Å². The summed E-state index contributed by atoms with van der Waals surface area (Å²) in [5, 5.41) is 6.29. The van der Waals surface area contributed by atoms with Gasteiger partial charge in [0.1, 0.15) is 6.10 Å². The van der Waals surface area contributed by atoms with Gasteiger partial charge in [-0.15, -0.1) is 12.4 Å². The van der Waals surface area contributed by atoms with Crippen LogP contribution < -0.4 is 10.6 Å². The lowest BCUT2D eigenvalue weighted by molar-refractivity contribution is 0.0352. The molecule has 2 aliphatic carbocycles. The van der Waals surface area contributed by atoms with Crippen molar-refractivity contribution in [2.45, 2.75) is 37.3 Å². The van der Waals surface area contributed by atoms with Gasteiger partial charge in [0.15, 0.2) is 0 Å². The van der Waals surface area contributed by atoms with E-state index in [0.717, 1.165) is 32.4 Å². The molecule has 1 amide bonds. The molecule has 0 aromatic heterocycles. The number of amides is 1. The van der Waals surface area contributed by atoms with Crippen LogP contribution in [0.2, 0.25) is 0 Å². The van der Waals surface area contributed by atoms with Crippen molar-refractivity contribution in [1.29, 1.82) is 0 Å². The first-order valence-electron chi connectivity index (χ1n) is 9.65. The Morgan fingerprint density at radius 1 is 1.04 bits per heavy atom. The highest BCUT2D eigenvalue weighted by molar-refractivity contribution is 5.85. The van der Waals surface area contributed by atoms with Crippen LogP contribution in [-0.2, 0) is 4.74 Å². The van der Waals surface area contributed by atoms with Crippen molar-refractivity contribution in [2.24, 2.45) is 5.92 Å². The molecule has 1 unspecified atom stereocenters. The topological polar surface area (TPSA) is 50.4 Å². The number of fused-ring (bicyclic) bond motifs is 3. The number of benzene rings is 2. The maximum atomic E-state index is 12.3. The quantitative estimate of drug-likeness (QED) is 0.816. The first-order valence-corrected chi connectivity index (χ1v) is 9.65. The summed E-state index contributed by atoms with van der Waals surface area (Å²) in [6.07, 6.45) is 2.70. The summed E-state index contributed by atoms with van der Waals surface area (Å²) in [5.74, 6) is 0.696. The molecular formula is C22H25ClN2O2. The van der Waals surface area contributed by atoms with E-state index in [4.69, 9.17) is 4.74 Å². The Morgan fingerprint density at radius 3 is 2.15 bits per heavy atom.